The van der Waals surface area contributed by atoms with Crippen molar-refractivity contribution in [2.24, 2.45) is 5.92 Å². The second kappa shape index (κ2) is 3.38. The van der Waals surface area contributed by atoms with Crippen molar-refractivity contribution in [3.8, 4) is 0 Å². The van der Waals surface area contributed by atoms with Gasteiger partial charge in [0.25, 0.3) is 0 Å². The smallest absolute Gasteiger partial charge is 0.00893 e. The van der Waals surface area contributed by atoms with Crippen LogP contribution in [-0.4, -0.2) is 25.0 Å². The SMILES string of the molecule is CN(C)[C@H]1CC[C@H](C)CC1. The summed E-state index contributed by atoms with van der Waals surface area (Å²) in [4.78, 5) is 2.37. The molecule has 1 aliphatic carbocycles. The Hall–Kier alpha value is -0.0400. The van der Waals surface area contributed by atoms with E-state index in [0.717, 1.165) is 12.0 Å². The van der Waals surface area contributed by atoms with Gasteiger partial charge in [0.15, 0.2) is 0 Å². The lowest BCUT2D eigenvalue weighted by Gasteiger charge is -2.30. The van der Waals surface area contributed by atoms with Gasteiger partial charge in [-0.05, 0) is 45.7 Å². The molecule has 0 atom stereocenters. The zero-order valence-electron chi connectivity index (χ0n) is 7.43. The van der Waals surface area contributed by atoms with Crippen molar-refractivity contribution >= 4 is 0 Å². The first-order chi connectivity index (χ1) is 4.70. The molecule has 0 amide bonds. The molecule has 1 rings (SSSR count). The Morgan fingerprint density at radius 2 is 1.50 bits per heavy atom. The van der Waals surface area contributed by atoms with Gasteiger partial charge in [0, 0.05) is 6.04 Å². The van der Waals surface area contributed by atoms with Crippen molar-refractivity contribution in [3.63, 3.8) is 0 Å². The van der Waals surface area contributed by atoms with Crippen LogP contribution < -0.4 is 0 Å². The fraction of sp³-hybridized carbons (Fsp3) is 1.00. The van der Waals surface area contributed by atoms with E-state index in [9.17, 15) is 0 Å². The highest BCUT2D eigenvalue weighted by Gasteiger charge is 2.18. The maximum absolute atomic E-state index is 2.37. The fourth-order valence-electron chi connectivity index (χ4n) is 1.76. The van der Waals surface area contributed by atoms with Crippen LogP contribution in [0, 0.1) is 5.92 Å². The topological polar surface area (TPSA) is 3.24 Å². The lowest BCUT2D eigenvalue weighted by molar-refractivity contribution is 0.200. The quantitative estimate of drug-likeness (QED) is 0.540. The second-order valence-corrected chi connectivity index (χ2v) is 3.88. The molecule has 0 aliphatic heterocycles. The normalized spacial score (nSPS) is 34.8. The second-order valence-electron chi connectivity index (χ2n) is 3.88. The highest BCUT2D eigenvalue weighted by atomic mass is 15.1. The summed E-state index contributed by atoms with van der Waals surface area (Å²) >= 11 is 0. The number of nitrogens with zero attached hydrogens (tertiary/aromatic N) is 1. The molecule has 1 aliphatic rings. The van der Waals surface area contributed by atoms with Gasteiger partial charge in [0.05, 0.1) is 0 Å². The van der Waals surface area contributed by atoms with Crippen LogP contribution in [0.3, 0.4) is 0 Å². The first-order valence-electron chi connectivity index (χ1n) is 4.36. The fourth-order valence-corrected chi connectivity index (χ4v) is 1.76. The Kier molecular flexibility index (Phi) is 2.72. The molecule has 60 valence electrons. The predicted octanol–water partition coefficient (Wildman–Crippen LogP) is 2.13. The molecule has 1 fully saturated rings. The van der Waals surface area contributed by atoms with Crippen LogP contribution in [0.15, 0.2) is 0 Å². The molecular weight excluding hydrogens is 122 g/mol. The van der Waals surface area contributed by atoms with Crippen LogP contribution in [0.25, 0.3) is 0 Å². The van der Waals surface area contributed by atoms with E-state index in [1.807, 2.05) is 0 Å². The third-order valence-electron chi connectivity index (χ3n) is 2.72. The first-order valence-corrected chi connectivity index (χ1v) is 4.36. The van der Waals surface area contributed by atoms with Crippen LogP contribution >= 0.6 is 0 Å². The lowest BCUT2D eigenvalue weighted by Crippen LogP contribution is -2.31. The van der Waals surface area contributed by atoms with Gasteiger partial charge in [-0.2, -0.15) is 0 Å². The molecule has 1 saturated carbocycles. The summed E-state index contributed by atoms with van der Waals surface area (Å²) in [7, 11) is 4.39. The van der Waals surface area contributed by atoms with Crippen LogP contribution in [0.4, 0.5) is 0 Å². The van der Waals surface area contributed by atoms with Gasteiger partial charge in [0.1, 0.15) is 0 Å². The molecule has 0 bridgehead atoms. The third kappa shape index (κ3) is 1.98. The van der Waals surface area contributed by atoms with Crippen molar-refractivity contribution in [1.29, 1.82) is 0 Å². The average molecular weight is 141 g/mol. The van der Waals surface area contributed by atoms with Crippen molar-refractivity contribution in [1.82, 2.24) is 4.90 Å². The molecule has 0 aromatic carbocycles. The standard InChI is InChI=1S/C9H19N/c1-8-4-6-9(7-5-8)10(2)3/h8-9H,4-7H2,1-3H3/t8-,9-. The van der Waals surface area contributed by atoms with Crippen LogP contribution in [0.1, 0.15) is 32.6 Å². The van der Waals surface area contributed by atoms with Gasteiger partial charge in [-0.25, -0.2) is 0 Å². The summed E-state index contributed by atoms with van der Waals surface area (Å²) in [6.45, 7) is 2.37. The average Bonchev–Trinajstić information content (AvgIpc) is 1.88. The third-order valence-corrected chi connectivity index (χ3v) is 2.72. The maximum atomic E-state index is 2.37. The Morgan fingerprint density at radius 1 is 1.00 bits per heavy atom. The summed E-state index contributed by atoms with van der Waals surface area (Å²) in [6, 6.07) is 0.871. The van der Waals surface area contributed by atoms with E-state index in [0.29, 0.717) is 0 Å². The van der Waals surface area contributed by atoms with Crippen LogP contribution in [-0.2, 0) is 0 Å². The highest BCUT2D eigenvalue weighted by molar-refractivity contribution is 4.74. The summed E-state index contributed by atoms with van der Waals surface area (Å²) in [6.07, 6.45) is 5.69. The molecule has 1 nitrogen and oxygen atoms in total. The Bertz CT molecular complexity index is 90.9. The molecule has 10 heavy (non-hydrogen) atoms. The van der Waals surface area contributed by atoms with Gasteiger partial charge in [-0.1, -0.05) is 6.92 Å². The van der Waals surface area contributed by atoms with Crippen LogP contribution in [0.2, 0.25) is 0 Å². The van der Waals surface area contributed by atoms with E-state index >= 15 is 0 Å². The minimum Gasteiger partial charge on any atom is -0.306 e. The Morgan fingerprint density at radius 3 is 1.90 bits per heavy atom. The molecule has 0 radical (unpaired) electrons. The summed E-state index contributed by atoms with van der Waals surface area (Å²) in [5, 5.41) is 0. The van der Waals surface area contributed by atoms with E-state index in [2.05, 4.69) is 25.9 Å². The molecule has 0 saturated heterocycles. The van der Waals surface area contributed by atoms with Crippen LogP contribution in [0.5, 0.6) is 0 Å². The van der Waals surface area contributed by atoms with Gasteiger partial charge in [-0.15, -0.1) is 0 Å². The van der Waals surface area contributed by atoms with Crippen molar-refractivity contribution < 1.29 is 0 Å². The molecule has 0 unspecified atom stereocenters. The number of rotatable bonds is 1. The maximum Gasteiger partial charge on any atom is 0.00893 e. The van der Waals surface area contributed by atoms with E-state index < -0.39 is 0 Å². The van der Waals surface area contributed by atoms with Gasteiger partial charge < -0.3 is 4.90 Å². The van der Waals surface area contributed by atoms with Gasteiger partial charge >= 0.3 is 0 Å². The van der Waals surface area contributed by atoms with E-state index in [1.165, 1.54) is 25.7 Å². The molecular formula is C9H19N. The summed E-state index contributed by atoms with van der Waals surface area (Å²) in [5.74, 6) is 0.983. The zero-order valence-corrected chi connectivity index (χ0v) is 7.43. The molecule has 0 spiro atoms. The van der Waals surface area contributed by atoms with Gasteiger partial charge in [0.2, 0.25) is 0 Å². The zero-order chi connectivity index (χ0) is 7.56. The monoisotopic (exact) mass is 141 g/mol. The van der Waals surface area contributed by atoms with E-state index in [4.69, 9.17) is 0 Å². The lowest BCUT2D eigenvalue weighted by atomic mass is 9.87. The minimum atomic E-state index is 0.871. The first kappa shape index (κ1) is 8.06. The number of hydrogen-bond acceptors (Lipinski definition) is 1. The minimum absolute atomic E-state index is 0.871. The molecule has 0 heterocycles. The van der Waals surface area contributed by atoms with Crippen molar-refractivity contribution in [2.75, 3.05) is 14.1 Å². The Labute approximate surface area is 64.4 Å². The van der Waals surface area contributed by atoms with E-state index in [1.54, 1.807) is 0 Å². The molecule has 1 heteroatoms. The number of hydrogen-bond donors (Lipinski definition) is 0. The van der Waals surface area contributed by atoms with Crippen molar-refractivity contribution in [3.05, 3.63) is 0 Å². The molecule has 0 aromatic heterocycles. The van der Waals surface area contributed by atoms with E-state index in [-0.39, 0.29) is 0 Å². The molecule has 0 N–H and O–H groups in total. The summed E-state index contributed by atoms with van der Waals surface area (Å²) in [5.41, 5.74) is 0. The predicted molar refractivity (Wildman–Crippen MR) is 45.1 cm³/mol. The highest BCUT2D eigenvalue weighted by Crippen LogP contribution is 2.25. The van der Waals surface area contributed by atoms with Gasteiger partial charge in [-0.3, -0.25) is 0 Å². The summed E-state index contributed by atoms with van der Waals surface area (Å²) < 4.78 is 0. The Balaban J connectivity index is 2.26. The molecule has 0 aromatic rings. The largest absolute Gasteiger partial charge is 0.306 e. The van der Waals surface area contributed by atoms with Crippen molar-refractivity contribution in [2.45, 2.75) is 38.6 Å².